The summed E-state index contributed by atoms with van der Waals surface area (Å²) in [6.45, 7) is 9.85. The third-order valence-electron chi connectivity index (χ3n) is 0.719. The minimum Gasteiger partial charge on any atom is -0.494 e. The van der Waals surface area contributed by atoms with Crippen molar-refractivity contribution in [2.75, 3.05) is 6.61 Å². The maximum atomic E-state index is 5.03. The maximum Gasteiger partial charge on any atom is 0.111 e. The van der Waals surface area contributed by atoms with Gasteiger partial charge in [0.15, 0.2) is 0 Å². The van der Waals surface area contributed by atoms with Crippen LogP contribution in [0.2, 0.25) is 0 Å². The van der Waals surface area contributed by atoms with Gasteiger partial charge >= 0.3 is 0 Å². The average Bonchev–Trinajstić information content (AvgIpc) is 1.83. The molecule has 0 aromatic carbocycles. The maximum absolute atomic E-state index is 5.03. The molecule has 46 valence electrons. The van der Waals surface area contributed by atoms with E-state index in [0.29, 0.717) is 5.76 Å². The summed E-state index contributed by atoms with van der Waals surface area (Å²) >= 11 is 0. The lowest BCUT2D eigenvalue weighted by molar-refractivity contribution is 0.226. The van der Waals surface area contributed by atoms with Crippen molar-refractivity contribution < 1.29 is 4.74 Å². The van der Waals surface area contributed by atoms with Gasteiger partial charge in [-0.3, -0.25) is 0 Å². The van der Waals surface area contributed by atoms with E-state index in [1.807, 2.05) is 0 Å². The van der Waals surface area contributed by atoms with Crippen LogP contribution in [0.4, 0.5) is 0 Å². The zero-order chi connectivity index (χ0) is 6.41. The van der Waals surface area contributed by atoms with Gasteiger partial charge in [-0.1, -0.05) is 20.1 Å². The first-order valence-electron chi connectivity index (χ1n) is 2.75. The second kappa shape index (κ2) is 4.44. The lowest BCUT2D eigenvalue weighted by atomic mass is 10.5. The van der Waals surface area contributed by atoms with Gasteiger partial charge in [0.25, 0.3) is 0 Å². The zero-order valence-electron chi connectivity index (χ0n) is 5.31. The van der Waals surface area contributed by atoms with Crippen molar-refractivity contribution in [1.82, 2.24) is 0 Å². The minimum absolute atomic E-state index is 0.659. The summed E-state index contributed by atoms with van der Waals surface area (Å²) < 4.78 is 5.03. The van der Waals surface area contributed by atoms with Crippen LogP contribution >= 0.6 is 0 Å². The van der Waals surface area contributed by atoms with Gasteiger partial charge in [0, 0.05) is 0 Å². The van der Waals surface area contributed by atoms with Crippen LogP contribution in [-0.4, -0.2) is 6.61 Å². The molecule has 0 atom stereocenters. The number of hydrogen-bond donors (Lipinski definition) is 0. The summed E-state index contributed by atoms with van der Waals surface area (Å²) in [4.78, 5) is 0. The Balaban J connectivity index is 3.11. The number of hydrogen-bond acceptors (Lipinski definition) is 1. The predicted octanol–water partition coefficient (Wildman–Crippen LogP) is 2.11. The van der Waals surface area contributed by atoms with Gasteiger partial charge in [-0.2, -0.15) is 0 Å². The van der Waals surface area contributed by atoms with Crippen LogP contribution in [0, 0.1) is 0 Å². The monoisotopic (exact) mass is 112 g/mol. The highest BCUT2D eigenvalue weighted by Gasteiger charge is 1.81. The Hall–Kier alpha value is -0.720. The first kappa shape index (κ1) is 7.28. The van der Waals surface area contributed by atoms with Crippen LogP contribution in [0.25, 0.3) is 0 Å². The molecule has 0 bridgehead atoms. The molecule has 0 aliphatic heterocycles. The van der Waals surface area contributed by atoms with E-state index in [9.17, 15) is 0 Å². The SMILES string of the molecule is C=CC(=C)OCCC. The van der Waals surface area contributed by atoms with Crippen molar-refractivity contribution in [3.8, 4) is 0 Å². The van der Waals surface area contributed by atoms with Crippen LogP contribution in [-0.2, 0) is 4.74 Å². The molecule has 8 heavy (non-hydrogen) atoms. The number of ether oxygens (including phenoxy) is 1. The first-order valence-corrected chi connectivity index (χ1v) is 2.75. The van der Waals surface area contributed by atoms with E-state index in [4.69, 9.17) is 4.74 Å². The van der Waals surface area contributed by atoms with Gasteiger partial charge in [-0.05, 0) is 12.5 Å². The average molecular weight is 112 g/mol. The van der Waals surface area contributed by atoms with E-state index >= 15 is 0 Å². The molecule has 0 rings (SSSR count). The highest BCUT2D eigenvalue weighted by Crippen LogP contribution is 1.93. The Kier molecular flexibility index (Phi) is 4.04. The summed E-state index contributed by atoms with van der Waals surface area (Å²) in [7, 11) is 0. The molecule has 0 amide bonds. The van der Waals surface area contributed by atoms with Gasteiger partial charge in [0.2, 0.25) is 0 Å². The van der Waals surface area contributed by atoms with Gasteiger partial charge in [-0.25, -0.2) is 0 Å². The molecule has 0 aliphatic carbocycles. The molecule has 0 heterocycles. The summed E-state index contributed by atoms with van der Waals surface area (Å²) in [5.41, 5.74) is 0. The summed E-state index contributed by atoms with van der Waals surface area (Å²) in [5.74, 6) is 0.659. The van der Waals surface area contributed by atoms with E-state index in [-0.39, 0.29) is 0 Å². The van der Waals surface area contributed by atoms with Crippen LogP contribution in [0.3, 0.4) is 0 Å². The normalized spacial score (nSPS) is 8.12. The molecule has 0 aromatic rings. The predicted molar refractivity (Wildman–Crippen MR) is 35.6 cm³/mol. The summed E-state index contributed by atoms with van der Waals surface area (Å²) in [6, 6.07) is 0. The molecule has 1 nitrogen and oxygen atoms in total. The molecule has 1 heteroatoms. The van der Waals surface area contributed by atoms with Crippen LogP contribution in [0.1, 0.15) is 13.3 Å². The first-order chi connectivity index (χ1) is 3.81. The molecule has 0 N–H and O–H groups in total. The van der Waals surface area contributed by atoms with E-state index in [1.54, 1.807) is 6.08 Å². The highest BCUT2D eigenvalue weighted by atomic mass is 16.5. The second-order valence-corrected chi connectivity index (χ2v) is 1.52. The molecule has 0 radical (unpaired) electrons. The standard InChI is InChI=1S/C7H12O/c1-4-6-8-7(3)5-2/h5H,2-4,6H2,1H3. The minimum atomic E-state index is 0.659. The second-order valence-electron chi connectivity index (χ2n) is 1.52. The van der Waals surface area contributed by atoms with E-state index in [1.165, 1.54) is 0 Å². The lowest BCUT2D eigenvalue weighted by Gasteiger charge is -2.00. The van der Waals surface area contributed by atoms with Gasteiger partial charge in [0.1, 0.15) is 5.76 Å². The van der Waals surface area contributed by atoms with Crippen molar-refractivity contribution in [1.29, 1.82) is 0 Å². The third-order valence-corrected chi connectivity index (χ3v) is 0.719. The molecule has 0 aromatic heterocycles. The third kappa shape index (κ3) is 3.47. The van der Waals surface area contributed by atoms with E-state index in [2.05, 4.69) is 20.1 Å². The van der Waals surface area contributed by atoms with Crippen LogP contribution < -0.4 is 0 Å². The van der Waals surface area contributed by atoms with E-state index in [0.717, 1.165) is 13.0 Å². The Morgan fingerprint density at radius 2 is 2.38 bits per heavy atom. The Bertz CT molecular complexity index is 84.4. The van der Waals surface area contributed by atoms with Crippen LogP contribution in [0.5, 0.6) is 0 Å². The number of rotatable bonds is 4. The molecule has 0 saturated carbocycles. The Morgan fingerprint density at radius 3 is 2.75 bits per heavy atom. The Labute approximate surface area is 50.7 Å². The van der Waals surface area contributed by atoms with Crippen molar-refractivity contribution in [2.24, 2.45) is 0 Å². The molecule has 0 spiro atoms. The highest BCUT2D eigenvalue weighted by molar-refractivity contribution is 5.01. The van der Waals surface area contributed by atoms with Crippen LogP contribution in [0.15, 0.2) is 25.0 Å². The quantitative estimate of drug-likeness (QED) is 0.400. The molecule has 0 saturated heterocycles. The largest absolute Gasteiger partial charge is 0.494 e. The molecular weight excluding hydrogens is 100 g/mol. The smallest absolute Gasteiger partial charge is 0.111 e. The van der Waals surface area contributed by atoms with Crippen molar-refractivity contribution >= 4 is 0 Å². The van der Waals surface area contributed by atoms with E-state index < -0.39 is 0 Å². The van der Waals surface area contributed by atoms with Crippen molar-refractivity contribution in [3.05, 3.63) is 25.0 Å². The fourth-order valence-electron chi connectivity index (χ4n) is 0.292. The lowest BCUT2D eigenvalue weighted by Crippen LogP contribution is -1.87. The van der Waals surface area contributed by atoms with Crippen molar-refractivity contribution in [2.45, 2.75) is 13.3 Å². The van der Waals surface area contributed by atoms with Gasteiger partial charge < -0.3 is 4.74 Å². The van der Waals surface area contributed by atoms with Gasteiger partial charge in [-0.15, -0.1) is 0 Å². The molecule has 0 aliphatic rings. The topological polar surface area (TPSA) is 9.23 Å². The Morgan fingerprint density at radius 1 is 1.75 bits per heavy atom. The molecular formula is C7H12O. The van der Waals surface area contributed by atoms with Crippen molar-refractivity contribution in [3.63, 3.8) is 0 Å². The summed E-state index contributed by atoms with van der Waals surface area (Å²) in [5, 5.41) is 0. The fraction of sp³-hybridized carbons (Fsp3) is 0.429. The number of allylic oxidation sites excluding steroid dienone is 1. The zero-order valence-corrected chi connectivity index (χ0v) is 5.31. The molecule has 0 fully saturated rings. The fourth-order valence-corrected chi connectivity index (χ4v) is 0.292. The van der Waals surface area contributed by atoms with Gasteiger partial charge in [0.05, 0.1) is 6.61 Å². The summed E-state index contributed by atoms with van der Waals surface area (Å²) in [6.07, 6.45) is 2.63. The molecule has 0 unspecified atom stereocenters.